The summed E-state index contributed by atoms with van der Waals surface area (Å²) in [7, 11) is 1.98. The number of amides is 1. The van der Waals surface area contributed by atoms with Crippen molar-refractivity contribution in [2.75, 3.05) is 26.7 Å². The van der Waals surface area contributed by atoms with Crippen LogP contribution in [0.4, 0.5) is 0 Å². The van der Waals surface area contributed by atoms with E-state index in [2.05, 4.69) is 18.3 Å². The molecule has 1 saturated heterocycles. The van der Waals surface area contributed by atoms with Gasteiger partial charge in [0.05, 0.1) is 4.88 Å². The summed E-state index contributed by atoms with van der Waals surface area (Å²) in [4.78, 5) is 15.5. The molecule has 3 nitrogen and oxygen atoms in total. The maximum atomic E-state index is 12.5. The summed E-state index contributed by atoms with van der Waals surface area (Å²) < 4.78 is 0. The lowest BCUT2D eigenvalue weighted by Gasteiger charge is -2.32. The minimum Gasteiger partial charge on any atom is -0.338 e. The van der Waals surface area contributed by atoms with Crippen molar-refractivity contribution < 1.29 is 4.79 Å². The second-order valence-electron chi connectivity index (χ2n) is 4.95. The molecule has 1 aromatic heterocycles. The second kappa shape index (κ2) is 6.34. The van der Waals surface area contributed by atoms with Gasteiger partial charge in [-0.1, -0.05) is 6.92 Å². The Bertz CT molecular complexity index is 400. The quantitative estimate of drug-likeness (QED) is 0.907. The van der Waals surface area contributed by atoms with Crippen molar-refractivity contribution in [3.63, 3.8) is 0 Å². The molecule has 2 heterocycles. The standard InChI is InChI=1S/C14H22N2OS/c1-3-12-6-8-18-13(12)14(17)16-7-4-5-11(10-16)9-15-2/h6,8,11,15H,3-5,7,9-10H2,1-2H3. The monoisotopic (exact) mass is 266 g/mol. The van der Waals surface area contributed by atoms with E-state index in [1.807, 2.05) is 17.3 Å². The van der Waals surface area contributed by atoms with Gasteiger partial charge in [0.15, 0.2) is 0 Å². The van der Waals surface area contributed by atoms with Crippen LogP contribution >= 0.6 is 11.3 Å². The lowest BCUT2D eigenvalue weighted by Crippen LogP contribution is -2.42. The third-order valence-corrected chi connectivity index (χ3v) is 4.57. The van der Waals surface area contributed by atoms with Gasteiger partial charge >= 0.3 is 0 Å². The van der Waals surface area contributed by atoms with E-state index in [1.165, 1.54) is 12.0 Å². The van der Waals surface area contributed by atoms with E-state index < -0.39 is 0 Å². The molecule has 0 radical (unpaired) electrons. The van der Waals surface area contributed by atoms with Crippen molar-refractivity contribution in [2.24, 2.45) is 5.92 Å². The molecule has 0 saturated carbocycles. The van der Waals surface area contributed by atoms with Crippen LogP contribution in [0.25, 0.3) is 0 Å². The van der Waals surface area contributed by atoms with Gasteiger partial charge in [0.2, 0.25) is 0 Å². The molecule has 1 N–H and O–H groups in total. The molecule has 1 aliphatic rings. The molecule has 1 aliphatic heterocycles. The summed E-state index contributed by atoms with van der Waals surface area (Å²) in [5.74, 6) is 0.848. The largest absolute Gasteiger partial charge is 0.338 e. The highest BCUT2D eigenvalue weighted by Crippen LogP contribution is 2.23. The van der Waals surface area contributed by atoms with Gasteiger partial charge in [0.1, 0.15) is 0 Å². The number of piperidine rings is 1. The lowest BCUT2D eigenvalue weighted by atomic mass is 9.97. The lowest BCUT2D eigenvalue weighted by molar-refractivity contribution is 0.0678. The molecule has 1 fully saturated rings. The Balaban J connectivity index is 2.04. The van der Waals surface area contributed by atoms with E-state index in [9.17, 15) is 4.79 Å². The number of aryl methyl sites for hydroxylation is 1. The molecule has 0 aromatic carbocycles. The Labute approximate surface area is 113 Å². The van der Waals surface area contributed by atoms with Crippen LogP contribution in [-0.4, -0.2) is 37.5 Å². The molecular weight excluding hydrogens is 244 g/mol. The summed E-state index contributed by atoms with van der Waals surface area (Å²) >= 11 is 1.58. The molecule has 1 atom stereocenters. The van der Waals surface area contributed by atoms with Crippen LogP contribution in [0.5, 0.6) is 0 Å². The van der Waals surface area contributed by atoms with Gasteiger partial charge in [0, 0.05) is 13.1 Å². The maximum absolute atomic E-state index is 12.5. The number of hydrogen-bond acceptors (Lipinski definition) is 3. The number of likely N-dealkylation sites (tertiary alicyclic amines) is 1. The van der Waals surface area contributed by atoms with Gasteiger partial charge in [-0.3, -0.25) is 4.79 Å². The fourth-order valence-corrected chi connectivity index (χ4v) is 3.61. The van der Waals surface area contributed by atoms with E-state index in [1.54, 1.807) is 11.3 Å². The van der Waals surface area contributed by atoms with Gasteiger partial charge in [-0.15, -0.1) is 11.3 Å². The Morgan fingerprint density at radius 2 is 2.44 bits per heavy atom. The number of nitrogens with one attached hydrogen (secondary N) is 1. The SMILES string of the molecule is CCc1ccsc1C(=O)N1CCCC(CNC)C1. The van der Waals surface area contributed by atoms with Crippen molar-refractivity contribution in [3.8, 4) is 0 Å². The Morgan fingerprint density at radius 3 is 3.17 bits per heavy atom. The molecule has 4 heteroatoms. The summed E-state index contributed by atoms with van der Waals surface area (Å²) in [5, 5.41) is 5.25. The van der Waals surface area contributed by atoms with Crippen LogP contribution in [0.15, 0.2) is 11.4 Å². The zero-order valence-corrected chi connectivity index (χ0v) is 12.1. The van der Waals surface area contributed by atoms with Crippen molar-refractivity contribution in [1.82, 2.24) is 10.2 Å². The number of hydrogen-bond donors (Lipinski definition) is 1. The number of thiophene rings is 1. The first-order valence-corrected chi connectivity index (χ1v) is 7.64. The maximum Gasteiger partial charge on any atom is 0.264 e. The van der Waals surface area contributed by atoms with Crippen molar-refractivity contribution in [3.05, 3.63) is 21.9 Å². The predicted octanol–water partition coefficient (Wildman–Crippen LogP) is 2.38. The Kier molecular flexibility index (Phi) is 4.78. The molecule has 100 valence electrons. The Morgan fingerprint density at radius 1 is 1.61 bits per heavy atom. The minimum absolute atomic E-state index is 0.239. The number of nitrogens with zero attached hydrogens (tertiary/aromatic N) is 1. The van der Waals surface area contributed by atoms with E-state index in [-0.39, 0.29) is 5.91 Å². The van der Waals surface area contributed by atoms with Crippen LogP contribution in [0.2, 0.25) is 0 Å². The van der Waals surface area contributed by atoms with Crippen LogP contribution in [0, 0.1) is 5.92 Å². The fourth-order valence-electron chi connectivity index (χ4n) is 2.65. The molecule has 1 unspecified atom stereocenters. The van der Waals surface area contributed by atoms with E-state index in [0.717, 1.165) is 37.4 Å². The molecule has 0 aliphatic carbocycles. The molecule has 2 rings (SSSR count). The van der Waals surface area contributed by atoms with Gasteiger partial charge in [-0.05, 0) is 55.8 Å². The first kappa shape index (κ1) is 13.6. The number of carbonyl (C=O) groups is 1. The fraction of sp³-hybridized carbons (Fsp3) is 0.643. The summed E-state index contributed by atoms with van der Waals surface area (Å²) in [6.45, 7) is 4.94. The first-order valence-electron chi connectivity index (χ1n) is 6.76. The normalized spacial score (nSPS) is 20.1. The minimum atomic E-state index is 0.239. The van der Waals surface area contributed by atoms with E-state index in [0.29, 0.717) is 5.92 Å². The molecule has 1 aromatic rings. The number of rotatable bonds is 4. The molecule has 0 spiro atoms. The topological polar surface area (TPSA) is 32.3 Å². The van der Waals surface area contributed by atoms with Gasteiger partial charge < -0.3 is 10.2 Å². The van der Waals surface area contributed by atoms with Crippen LogP contribution in [0.3, 0.4) is 0 Å². The summed E-state index contributed by atoms with van der Waals surface area (Å²) in [5.41, 5.74) is 1.20. The third-order valence-electron chi connectivity index (χ3n) is 3.62. The molecular formula is C14H22N2OS. The Hall–Kier alpha value is -0.870. The van der Waals surface area contributed by atoms with Crippen LogP contribution in [-0.2, 0) is 6.42 Å². The highest BCUT2D eigenvalue weighted by atomic mass is 32.1. The zero-order chi connectivity index (χ0) is 13.0. The van der Waals surface area contributed by atoms with E-state index >= 15 is 0 Å². The van der Waals surface area contributed by atoms with Crippen LogP contribution in [0.1, 0.15) is 35.0 Å². The highest BCUT2D eigenvalue weighted by molar-refractivity contribution is 7.12. The first-order chi connectivity index (χ1) is 8.76. The molecule has 18 heavy (non-hydrogen) atoms. The molecule has 0 bridgehead atoms. The van der Waals surface area contributed by atoms with Gasteiger partial charge in [0.25, 0.3) is 5.91 Å². The zero-order valence-electron chi connectivity index (χ0n) is 11.2. The van der Waals surface area contributed by atoms with Crippen molar-refractivity contribution >= 4 is 17.2 Å². The van der Waals surface area contributed by atoms with Crippen molar-refractivity contribution in [1.29, 1.82) is 0 Å². The van der Waals surface area contributed by atoms with E-state index in [4.69, 9.17) is 0 Å². The number of carbonyl (C=O) groups excluding carboxylic acids is 1. The second-order valence-corrected chi connectivity index (χ2v) is 5.86. The van der Waals surface area contributed by atoms with Gasteiger partial charge in [-0.2, -0.15) is 0 Å². The average Bonchev–Trinajstić information content (AvgIpc) is 2.87. The molecule has 1 amide bonds. The highest BCUT2D eigenvalue weighted by Gasteiger charge is 2.25. The summed E-state index contributed by atoms with van der Waals surface area (Å²) in [6, 6.07) is 2.08. The predicted molar refractivity (Wildman–Crippen MR) is 76.3 cm³/mol. The van der Waals surface area contributed by atoms with Crippen LogP contribution < -0.4 is 5.32 Å². The average molecular weight is 266 g/mol. The summed E-state index contributed by atoms with van der Waals surface area (Å²) in [6.07, 6.45) is 3.30. The van der Waals surface area contributed by atoms with Gasteiger partial charge in [-0.25, -0.2) is 0 Å². The van der Waals surface area contributed by atoms with Crippen molar-refractivity contribution in [2.45, 2.75) is 26.2 Å². The third kappa shape index (κ3) is 2.93. The smallest absolute Gasteiger partial charge is 0.264 e.